The van der Waals surface area contributed by atoms with E-state index in [-0.39, 0.29) is 16.6 Å². The fraction of sp³-hybridized carbons (Fsp3) is 0.565. The molecule has 0 spiro atoms. The quantitative estimate of drug-likeness (QED) is 0.770. The molecular formula is C23H31ClN4O2. The van der Waals surface area contributed by atoms with Crippen LogP contribution in [0, 0.1) is 19.8 Å². The highest BCUT2D eigenvalue weighted by Crippen LogP contribution is 2.30. The lowest BCUT2D eigenvalue weighted by Gasteiger charge is -2.35. The topological polar surface area (TPSA) is 59.4 Å². The molecule has 2 aromatic rings. The van der Waals surface area contributed by atoms with Crippen molar-refractivity contribution < 1.29 is 4.74 Å². The van der Waals surface area contributed by atoms with Gasteiger partial charge in [-0.05, 0) is 56.6 Å². The molecule has 0 radical (unpaired) electrons. The van der Waals surface area contributed by atoms with Crippen LogP contribution in [0.1, 0.15) is 42.9 Å². The zero-order chi connectivity index (χ0) is 21.1. The van der Waals surface area contributed by atoms with Gasteiger partial charge < -0.3 is 15.0 Å². The molecule has 1 atom stereocenters. The van der Waals surface area contributed by atoms with E-state index in [1.165, 1.54) is 16.8 Å². The molecule has 6 nitrogen and oxygen atoms in total. The number of nitrogens with one attached hydrogen (secondary N) is 1. The summed E-state index contributed by atoms with van der Waals surface area (Å²) < 4.78 is 7.10. The van der Waals surface area contributed by atoms with Gasteiger partial charge in [0.25, 0.3) is 5.56 Å². The van der Waals surface area contributed by atoms with Crippen molar-refractivity contribution in [3.8, 4) is 0 Å². The van der Waals surface area contributed by atoms with Gasteiger partial charge in [0.2, 0.25) is 0 Å². The Kier molecular flexibility index (Phi) is 6.64. The van der Waals surface area contributed by atoms with Crippen LogP contribution in [0.3, 0.4) is 0 Å². The number of aryl methyl sites for hydroxylation is 2. The molecule has 0 unspecified atom stereocenters. The van der Waals surface area contributed by atoms with E-state index >= 15 is 0 Å². The van der Waals surface area contributed by atoms with E-state index in [4.69, 9.17) is 16.3 Å². The van der Waals surface area contributed by atoms with Gasteiger partial charge in [-0.2, -0.15) is 5.10 Å². The summed E-state index contributed by atoms with van der Waals surface area (Å²) in [7, 11) is 0. The number of hydrogen-bond donors (Lipinski definition) is 1. The van der Waals surface area contributed by atoms with E-state index in [0.29, 0.717) is 11.6 Å². The molecule has 4 rings (SSSR count). The predicted octanol–water partition coefficient (Wildman–Crippen LogP) is 4.19. The summed E-state index contributed by atoms with van der Waals surface area (Å²) in [5, 5.41) is 8.00. The molecule has 2 saturated heterocycles. The number of para-hydroxylation sites is 1. The summed E-state index contributed by atoms with van der Waals surface area (Å²) in [6.45, 7) is 8.48. The van der Waals surface area contributed by atoms with Crippen LogP contribution >= 0.6 is 11.6 Å². The van der Waals surface area contributed by atoms with Gasteiger partial charge in [0.15, 0.2) is 0 Å². The van der Waals surface area contributed by atoms with Gasteiger partial charge in [0, 0.05) is 31.9 Å². The third kappa shape index (κ3) is 4.49. The summed E-state index contributed by atoms with van der Waals surface area (Å²) in [6.07, 6.45) is 5.67. The standard InChI is InChI=1S/C23H31ClN4O2/c1-16-5-3-6-17(2)22(16)27-10-8-19(9-11-27)28-23(29)21(24)20(14-26-28)25-13-18-7-4-12-30-15-18/h3,5-6,14,18-19,25H,4,7-13,15H2,1-2H3/t18-/m0/s1. The van der Waals surface area contributed by atoms with Gasteiger partial charge in [-0.15, -0.1) is 0 Å². The van der Waals surface area contributed by atoms with Crippen LogP contribution in [0.25, 0.3) is 0 Å². The number of anilines is 2. The molecule has 3 heterocycles. The van der Waals surface area contributed by atoms with Crippen molar-refractivity contribution in [2.45, 2.75) is 45.6 Å². The monoisotopic (exact) mass is 430 g/mol. The van der Waals surface area contributed by atoms with Crippen molar-refractivity contribution in [2.75, 3.05) is 43.1 Å². The highest BCUT2D eigenvalue weighted by atomic mass is 35.5. The minimum Gasteiger partial charge on any atom is -0.382 e. The summed E-state index contributed by atoms with van der Waals surface area (Å²) in [5.41, 5.74) is 4.33. The summed E-state index contributed by atoms with van der Waals surface area (Å²) in [5.74, 6) is 0.450. The molecule has 2 aliphatic rings. The van der Waals surface area contributed by atoms with Crippen molar-refractivity contribution in [3.63, 3.8) is 0 Å². The zero-order valence-corrected chi connectivity index (χ0v) is 18.6. The molecule has 1 N–H and O–H groups in total. The number of piperidine rings is 1. The van der Waals surface area contributed by atoms with E-state index in [9.17, 15) is 4.79 Å². The molecule has 1 aromatic heterocycles. The normalized spacial score (nSPS) is 20.4. The van der Waals surface area contributed by atoms with E-state index in [2.05, 4.69) is 47.4 Å². The highest BCUT2D eigenvalue weighted by molar-refractivity contribution is 6.32. The number of aromatic nitrogens is 2. The lowest BCUT2D eigenvalue weighted by atomic mass is 10.0. The number of ether oxygens (including phenoxy) is 1. The van der Waals surface area contributed by atoms with Crippen LogP contribution < -0.4 is 15.8 Å². The Balaban J connectivity index is 1.41. The Morgan fingerprint density at radius 3 is 2.60 bits per heavy atom. The number of nitrogens with zero attached hydrogens (tertiary/aromatic N) is 3. The van der Waals surface area contributed by atoms with Crippen LogP contribution in [0.2, 0.25) is 5.02 Å². The molecular weight excluding hydrogens is 400 g/mol. The van der Waals surface area contributed by atoms with Gasteiger partial charge in [0.1, 0.15) is 5.02 Å². The van der Waals surface area contributed by atoms with Crippen LogP contribution in [0.15, 0.2) is 29.2 Å². The molecule has 2 fully saturated rings. The molecule has 0 amide bonds. The van der Waals surface area contributed by atoms with E-state index in [0.717, 1.165) is 58.5 Å². The van der Waals surface area contributed by atoms with Crippen LogP contribution in [0.5, 0.6) is 0 Å². The van der Waals surface area contributed by atoms with Gasteiger partial charge >= 0.3 is 0 Å². The van der Waals surface area contributed by atoms with Crippen LogP contribution in [0.4, 0.5) is 11.4 Å². The molecule has 0 aliphatic carbocycles. The van der Waals surface area contributed by atoms with E-state index < -0.39 is 0 Å². The van der Waals surface area contributed by atoms with E-state index in [1.54, 1.807) is 10.9 Å². The van der Waals surface area contributed by atoms with Crippen molar-refractivity contribution in [1.29, 1.82) is 0 Å². The van der Waals surface area contributed by atoms with Crippen molar-refractivity contribution in [2.24, 2.45) is 5.92 Å². The second kappa shape index (κ2) is 9.40. The average Bonchev–Trinajstić information content (AvgIpc) is 2.76. The number of rotatable bonds is 5. The molecule has 162 valence electrons. The average molecular weight is 431 g/mol. The van der Waals surface area contributed by atoms with Crippen LogP contribution in [-0.4, -0.2) is 42.6 Å². The first-order valence-corrected chi connectivity index (χ1v) is 11.3. The number of benzene rings is 1. The Hall–Kier alpha value is -2.05. The zero-order valence-electron chi connectivity index (χ0n) is 17.9. The largest absolute Gasteiger partial charge is 0.382 e. The lowest BCUT2D eigenvalue weighted by Crippen LogP contribution is -2.39. The Labute approximate surface area is 183 Å². The summed E-state index contributed by atoms with van der Waals surface area (Å²) >= 11 is 6.42. The maximum Gasteiger partial charge on any atom is 0.287 e. The minimum absolute atomic E-state index is 0.0800. The Bertz CT molecular complexity index is 911. The second-order valence-electron chi connectivity index (χ2n) is 8.54. The SMILES string of the molecule is Cc1cccc(C)c1N1CCC(n2ncc(NC[C@@H]3CCCOC3)c(Cl)c2=O)CC1. The van der Waals surface area contributed by atoms with Gasteiger partial charge in [-0.25, -0.2) is 4.68 Å². The second-order valence-corrected chi connectivity index (χ2v) is 8.92. The number of hydrogen-bond acceptors (Lipinski definition) is 5. The molecule has 1 aromatic carbocycles. The Morgan fingerprint density at radius 2 is 1.93 bits per heavy atom. The predicted molar refractivity (Wildman–Crippen MR) is 122 cm³/mol. The third-order valence-corrected chi connectivity index (χ3v) is 6.71. The first kappa shape index (κ1) is 21.2. The lowest BCUT2D eigenvalue weighted by molar-refractivity contribution is 0.0595. The van der Waals surface area contributed by atoms with E-state index in [1.807, 2.05) is 0 Å². The minimum atomic E-state index is -0.202. The molecule has 0 bridgehead atoms. The van der Waals surface area contributed by atoms with Gasteiger partial charge in [-0.1, -0.05) is 29.8 Å². The fourth-order valence-electron chi connectivity index (χ4n) is 4.69. The first-order valence-electron chi connectivity index (χ1n) is 10.9. The third-order valence-electron chi connectivity index (χ3n) is 6.35. The van der Waals surface area contributed by atoms with Crippen molar-refractivity contribution in [1.82, 2.24) is 9.78 Å². The molecule has 2 aliphatic heterocycles. The number of halogens is 1. The summed E-state index contributed by atoms with van der Waals surface area (Å²) in [4.78, 5) is 15.3. The van der Waals surface area contributed by atoms with Gasteiger partial charge in [-0.3, -0.25) is 4.79 Å². The molecule has 30 heavy (non-hydrogen) atoms. The maximum absolute atomic E-state index is 12.9. The van der Waals surface area contributed by atoms with Crippen molar-refractivity contribution >= 4 is 23.0 Å². The Morgan fingerprint density at radius 1 is 1.20 bits per heavy atom. The first-order chi connectivity index (χ1) is 14.5. The van der Waals surface area contributed by atoms with Crippen molar-refractivity contribution in [3.05, 3.63) is 50.9 Å². The van der Waals surface area contributed by atoms with Gasteiger partial charge in [0.05, 0.1) is 24.5 Å². The van der Waals surface area contributed by atoms with Crippen LogP contribution in [-0.2, 0) is 4.74 Å². The fourth-order valence-corrected chi connectivity index (χ4v) is 4.89. The smallest absolute Gasteiger partial charge is 0.287 e. The summed E-state index contributed by atoms with van der Waals surface area (Å²) in [6, 6.07) is 6.50. The highest BCUT2D eigenvalue weighted by Gasteiger charge is 2.25. The molecule has 0 saturated carbocycles. The molecule has 7 heteroatoms. The maximum atomic E-state index is 12.9.